The topological polar surface area (TPSA) is 155 Å². The Morgan fingerprint density at radius 1 is 1.18 bits per heavy atom. The van der Waals surface area contributed by atoms with Crippen LogP contribution in [-0.2, 0) is 26.5 Å². The molecule has 1 heterocycles. The number of phenols is 1. The van der Waals surface area contributed by atoms with E-state index in [2.05, 4.69) is 0 Å². The van der Waals surface area contributed by atoms with Gasteiger partial charge in [-0.3, -0.25) is 4.31 Å². The number of anilines is 1. The Bertz CT molecular complexity index is 1200. The van der Waals surface area contributed by atoms with E-state index in [1.807, 2.05) is 0 Å². The first kappa shape index (κ1) is 20.1. The zero-order valence-corrected chi connectivity index (χ0v) is 16.6. The summed E-state index contributed by atoms with van der Waals surface area (Å²) in [5.74, 6) is -1.99. The SMILES string of the molecule is Cc1cc(O)c(C(=O)O)cc1S(=O)(=O)N1c2ccc(S(N)(=O)=O)cc2CC1C. The first-order valence-corrected chi connectivity index (χ1v) is 11.1. The lowest BCUT2D eigenvalue weighted by atomic mass is 10.1. The van der Waals surface area contributed by atoms with Gasteiger partial charge in [-0.15, -0.1) is 0 Å². The average Bonchev–Trinajstić information content (AvgIpc) is 2.88. The fourth-order valence-corrected chi connectivity index (χ4v) is 5.84. The van der Waals surface area contributed by atoms with Crippen molar-refractivity contribution in [1.29, 1.82) is 0 Å². The monoisotopic (exact) mass is 426 g/mol. The average molecular weight is 426 g/mol. The Balaban J connectivity index is 2.17. The summed E-state index contributed by atoms with van der Waals surface area (Å²) in [4.78, 5) is 10.9. The number of nitrogens with two attached hydrogens (primary N) is 1. The van der Waals surface area contributed by atoms with E-state index in [-0.39, 0.29) is 21.8 Å². The van der Waals surface area contributed by atoms with Crippen LogP contribution in [0.5, 0.6) is 5.75 Å². The molecule has 0 saturated heterocycles. The van der Waals surface area contributed by atoms with Crippen LogP contribution in [0, 0.1) is 6.92 Å². The number of carbonyl (C=O) groups is 1. The molecule has 0 aliphatic carbocycles. The molecule has 1 atom stereocenters. The van der Waals surface area contributed by atoms with Crippen molar-refractivity contribution >= 4 is 31.7 Å². The number of aromatic hydroxyl groups is 1. The van der Waals surface area contributed by atoms with Gasteiger partial charge in [0.1, 0.15) is 11.3 Å². The van der Waals surface area contributed by atoms with E-state index in [0.717, 1.165) is 16.4 Å². The molecule has 0 aromatic heterocycles. The van der Waals surface area contributed by atoms with Crippen LogP contribution in [0.1, 0.15) is 28.4 Å². The predicted octanol–water partition coefficient (Wildman–Crippen LogP) is 1.19. The largest absolute Gasteiger partial charge is 0.507 e. The molecule has 0 fully saturated rings. The van der Waals surface area contributed by atoms with E-state index in [0.29, 0.717) is 11.3 Å². The molecule has 28 heavy (non-hydrogen) atoms. The fourth-order valence-electron chi connectivity index (χ4n) is 3.35. The van der Waals surface area contributed by atoms with Crippen LogP contribution in [-0.4, -0.2) is 39.1 Å². The van der Waals surface area contributed by atoms with Crippen LogP contribution in [0.4, 0.5) is 5.69 Å². The van der Waals surface area contributed by atoms with Crippen molar-refractivity contribution in [3.05, 3.63) is 47.0 Å². The minimum absolute atomic E-state index is 0.119. The van der Waals surface area contributed by atoms with Gasteiger partial charge in [0.15, 0.2) is 0 Å². The summed E-state index contributed by atoms with van der Waals surface area (Å²) >= 11 is 0. The van der Waals surface area contributed by atoms with Crippen molar-refractivity contribution in [2.45, 2.75) is 36.1 Å². The molecule has 11 heteroatoms. The molecule has 1 unspecified atom stereocenters. The number of sulfonamides is 2. The molecule has 0 amide bonds. The maximum absolute atomic E-state index is 13.3. The number of benzene rings is 2. The second-order valence-electron chi connectivity index (χ2n) is 6.63. The molecule has 150 valence electrons. The van der Waals surface area contributed by atoms with Gasteiger partial charge < -0.3 is 10.2 Å². The third-order valence-electron chi connectivity index (χ3n) is 4.59. The van der Waals surface area contributed by atoms with E-state index in [1.54, 1.807) is 6.92 Å². The van der Waals surface area contributed by atoms with E-state index in [1.165, 1.54) is 25.1 Å². The smallest absolute Gasteiger partial charge is 0.339 e. The molecular formula is C17H18N2O7S2. The van der Waals surface area contributed by atoms with Crippen LogP contribution in [0.25, 0.3) is 0 Å². The maximum atomic E-state index is 13.3. The minimum atomic E-state index is -4.17. The van der Waals surface area contributed by atoms with Gasteiger partial charge in [0.2, 0.25) is 10.0 Å². The highest BCUT2D eigenvalue weighted by Crippen LogP contribution is 2.39. The standard InChI is InChI=1S/C17H18N2O7S2/c1-9-5-15(20)13(17(21)22)8-16(9)28(25,26)19-10(2)6-11-7-12(27(18,23)24)3-4-14(11)19/h3-5,7-8,10,20H,6H2,1-2H3,(H,21,22)(H2,18,23,24). The lowest BCUT2D eigenvalue weighted by Gasteiger charge is -2.25. The van der Waals surface area contributed by atoms with E-state index in [9.17, 15) is 31.8 Å². The molecule has 1 aliphatic rings. The van der Waals surface area contributed by atoms with Crippen LogP contribution < -0.4 is 9.44 Å². The highest BCUT2D eigenvalue weighted by atomic mass is 32.2. The van der Waals surface area contributed by atoms with Crippen molar-refractivity contribution in [3.63, 3.8) is 0 Å². The lowest BCUT2D eigenvalue weighted by Crippen LogP contribution is -2.36. The Kier molecular flexibility index (Phi) is 4.64. The summed E-state index contributed by atoms with van der Waals surface area (Å²) in [6.07, 6.45) is 0.265. The first-order chi connectivity index (χ1) is 12.8. The highest BCUT2D eigenvalue weighted by Gasteiger charge is 2.38. The van der Waals surface area contributed by atoms with Crippen LogP contribution in [0.3, 0.4) is 0 Å². The molecule has 4 N–H and O–H groups in total. The summed E-state index contributed by atoms with van der Waals surface area (Å²) in [6, 6.07) is 5.40. The molecule has 0 saturated carbocycles. The van der Waals surface area contributed by atoms with Crippen molar-refractivity contribution in [1.82, 2.24) is 0 Å². The van der Waals surface area contributed by atoms with Gasteiger partial charge in [-0.25, -0.2) is 26.8 Å². The van der Waals surface area contributed by atoms with Crippen LogP contribution >= 0.6 is 0 Å². The molecule has 0 radical (unpaired) electrons. The minimum Gasteiger partial charge on any atom is -0.507 e. The van der Waals surface area contributed by atoms with Crippen molar-refractivity contribution in [2.24, 2.45) is 5.14 Å². The van der Waals surface area contributed by atoms with Gasteiger partial charge in [0, 0.05) is 6.04 Å². The number of aryl methyl sites for hydroxylation is 1. The Morgan fingerprint density at radius 2 is 1.82 bits per heavy atom. The van der Waals surface area contributed by atoms with Crippen LogP contribution in [0.15, 0.2) is 40.1 Å². The number of carboxylic acids is 1. The second-order valence-corrected chi connectivity index (χ2v) is 9.97. The predicted molar refractivity (Wildman–Crippen MR) is 100 cm³/mol. The lowest BCUT2D eigenvalue weighted by molar-refractivity contribution is 0.0693. The number of hydrogen-bond acceptors (Lipinski definition) is 6. The molecule has 2 aromatic carbocycles. The molecule has 1 aliphatic heterocycles. The van der Waals surface area contributed by atoms with Gasteiger partial charge in [0.25, 0.3) is 10.0 Å². The third-order valence-corrected chi connectivity index (χ3v) is 7.57. The van der Waals surface area contributed by atoms with Crippen molar-refractivity contribution in [2.75, 3.05) is 4.31 Å². The fraction of sp³-hybridized carbons (Fsp3) is 0.235. The third kappa shape index (κ3) is 3.21. The van der Waals surface area contributed by atoms with Crippen molar-refractivity contribution in [3.8, 4) is 5.75 Å². The summed E-state index contributed by atoms with van der Waals surface area (Å²) < 4.78 is 50.9. The summed E-state index contributed by atoms with van der Waals surface area (Å²) in [5, 5.41) is 24.1. The zero-order chi connectivity index (χ0) is 21.0. The number of rotatable bonds is 4. The molecule has 3 rings (SSSR count). The molecule has 0 spiro atoms. The van der Waals surface area contributed by atoms with Gasteiger partial charge in [-0.05, 0) is 61.7 Å². The Labute approximate surface area is 162 Å². The quantitative estimate of drug-likeness (QED) is 0.663. The molecule has 9 nitrogen and oxygen atoms in total. The number of carboxylic acid groups (broad SMARTS) is 1. The Morgan fingerprint density at radius 3 is 2.39 bits per heavy atom. The first-order valence-electron chi connectivity index (χ1n) is 8.11. The molecule has 2 aromatic rings. The van der Waals surface area contributed by atoms with Gasteiger partial charge in [0.05, 0.1) is 15.5 Å². The van der Waals surface area contributed by atoms with Crippen LogP contribution in [0.2, 0.25) is 0 Å². The highest BCUT2D eigenvalue weighted by molar-refractivity contribution is 7.93. The molecule has 0 bridgehead atoms. The van der Waals surface area contributed by atoms with E-state index >= 15 is 0 Å². The second kappa shape index (κ2) is 6.47. The van der Waals surface area contributed by atoms with Gasteiger partial charge >= 0.3 is 5.97 Å². The summed E-state index contributed by atoms with van der Waals surface area (Å²) in [6.45, 7) is 3.10. The van der Waals surface area contributed by atoms with Gasteiger partial charge in [-0.1, -0.05) is 0 Å². The normalized spacial score (nSPS) is 16.8. The number of nitrogens with zero attached hydrogens (tertiary/aromatic N) is 1. The Hall–Kier alpha value is -2.63. The van der Waals surface area contributed by atoms with Gasteiger partial charge in [-0.2, -0.15) is 0 Å². The number of hydrogen-bond donors (Lipinski definition) is 3. The maximum Gasteiger partial charge on any atom is 0.339 e. The van der Waals surface area contributed by atoms with E-state index in [4.69, 9.17) is 5.14 Å². The summed E-state index contributed by atoms with van der Waals surface area (Å²) in [5.41, 5.74) is 0.451. The van der Waals surface area contributed by atoms with E-state index < -0.39 is 43.4 Å². The number of fused-ring (bicyclic) bond motifs is 1. The summed E-state index contributed by atoms with van der Waals surface area (Å²) in [7, 11) is -8.11. The molecular weight excluding hydrogens is 408 g/mol. The number of aromatic carboxylic acids is 1. The zero-order valence-electron chi connectivity index (χ0n) is 14.9. The van der Waals surface area contributed by atoms with Crippen molar-refractivity contribution < 1.29 is 31.8 Å². The number of primary sulfonamides is 1.